The number of fused-ring (bicyclic) bond motifs is 3. The summed E-state index contributed by atoms with van der Waals surface area (Å²) in [6.07, 6.45) is 3.94. The van der Waals surface area contributed by atoms with Gasteiger partial charge in [-0.15, -0.1) is 0 Å². The van der Waals surface area contributed by atoms with Gasteiger partial charge in [0.1, 0.15) is 18.1 Å². The molecular weight excluding hydrogens is 586 g/mol. The van der Waals surface area contributed by atoms with Crippen molar-refractivity contribution in [3.8, 4) is 11.5 Å². The van der Waals surface area contributed by atoms with Crippen molar-refractivity contribution in [2.24, 2.45) is 17.8 Å². The fourth-order valence-electron chi connectivity index (χ4n) is 7.64. The maximum absolute atomic E-state index is 14.0. The van der Waals surface area contributed by atoms with E-state index in [0.717, 1.165) is 52.0 Å². The molecule has 1 N–H and O–H groups in total. The van der Waals surface area contributed by atoms with Gasteiger partial charge in [0.25, 0.3) is 0 Å². The van der Waals surface area contributed by atoms with Gasteiger partial charge in [-0.25, -0.2) is 0 Å². The number of nitrogens with zero attached hydrogens (tertiary/aromatic N) is 1. The molecule has 0 unspecified atom stereocenters. The molecule has 0 bridgehead atoms. The Morgan fingerprint density at radius 1 is 0.872 bits per heavy atom. The van der Waals surface area contributed by atoms with Crippen LogP contribution in [0.3, 0.4) is 0 Å². The standard InChI is InChI=1S/C41H39NO5/c1-26-20-28(21-27(2)39(26)43)22-30(29-12-6-3-7-13-29)18-19-36-37-31(24-46-33-16-10-5-11-17-33)23-34-38(35(37)25-47-36)41(45)42(40(34)44)32-14-8-4-9-15-32/h3-17,20-22,34-36,38,43H,18-19,23-25H2,1-2H3/b30-22-/t34-,35+,36-,38-/m1/s1. The number of para-hydroxylation sites is 2. The molecule has 0 aromatic heterocycles. The van der Waals surface area contributed by atoms with E-state index >= 15 is 0 Å². The van der Waals surface area contributed by atoms with Crippen LogP contribution in [-0.4, -0.2) is 36.2 Å². The van der Waals surface area contributed by atoms with Crippen LogP contribution < -0.4 is 9.64 Å². The van der Waals surface area contributed by atoms with E-state index in [1.54, 1.807) is 0 Å². The van der Waals surface area contributed by atoms with E-state index in [2.05, 4.69) is 18.2 Å². The highest BCUT2D eigenvalue weighted by molar-refractivity contribution is 6.22. The minimum atomic E-state index is -0.449. The lowest BCUT2D eigenvalue weighted by Crippen LogP contribution is -2.35. The van der Waals surface area contributed by atoms with Gasteiger partial charge in [0.15, 0.2) is 0 Å². The van der Waals surface area contributed by atoms with Crippen molar-refractivity contribution in [1.82, 2.24) is 0 Å². The first kappa shape index (κ1) is 30.7. The average molecular weight is 626 g/mol. The van der Waals surface area contributed by atoms with Crippen LogP contribution in [0, 0.1) is 31.6 Å². The van der Waals surface area contributed by atoms with Gasteiger partial charge in [0.2, 0.25) is 11.8 Å². The fraction of sp³-hybridized carbons (Fsp3) is 0.268. The number of allylic oxidation sites excluding steroid dienone is 1. The molecule has 4 atom stereocenters. The van der Waals surface area contributed by atoms with Crippen LogP contribution in [0.5, 0.6) is 11.5 Å². The highest BCUT2D eigenvalue weighted by atomic mass is 16.5. The first-order valence-corrected chi connectivity index (χ1v) is 16.4. The fourth-order valence-corrected chi connectivity index (χ4v) is 7.64. The van der Waals surface area contributed by atoms with Gasteiger partial charge < -0.3 is 14.6 Å². The van der Waals surface area contributed by atoms with Crippen molar-refractivity contribution in [2.45, 2.75) is 39.2 Å². The number of benzene rings is 4. The molecule has 2 saturated heterocycles. The molecular formula is C41H39NO5. The largest absolute Gasteiger partial charge is 0.507 e. The average Bonchev–Trinajstić information content (AvgIpc) is 3.63. The summed E-state index contributed by atoms with van der Waals surface area (Å²) >= 11 is 0. The third-order valence-corrected chi connectivity index (χ3v) is 9.85. The van der Waals surface area contributed by atoms with E-state index in [9.17, 15) is 14.7 Å². The molecule has 47 heavy (non-hydrogen) atoms. The number of carbonyl (C=O) groups is 2. The molecule has 4 aromatic carbocycles. The van der Waals surface area contributed by atoms with Crippen LogP contribution in [0.1, 0.15) is 41.5 Å². The summed E-state index contributed by atoms with van der Waals surface area (Å²) in [5.74, 6) is -0.242. The number of amides is 2. The Balaban J connectivity index is 1.21. The second-order valence-electron chi connectivity index (χ2n) is 12.9. The SMILES string of the molecule is Cc1cc(/C=C(/CC[C@H]2OC[C@H]3C2=C(COc2ccccc2)C[C@H]2C(=O)N(c4ccccc4)C(=O)[C@H]23)c2ccccc2)cc(C)c1O. The minimum absolute atomic E-state index is 0.135. The highest BCUT2D eigenvalue weighted by Gasteiger charge is 2.57. The van der Waals surface area contributed by atoms with Crippen molar-refractivity contribution in [3.63, 3.8) is 0 Å². The molecule has 2 amide bonds. The quantitative estimate of drug-likeness (QED) is 0.116. The Morgan fingerprint density at radius 2 is 1.51 bits per heavy atom. The van der Waals surface area contributed by atoms with Crippen LogP contribution in [-0.2, 0) is 14.3 Å². The first-order valence-electron chi connectivity index (χ1n) is 16.4. The van der Waals surface area contributed by atoms with Crippen LogP contribution >= 0.6 is 0 Å². The van der Waals surface area contributed by atoms with E-state index in [1.165, 1.54) is 10.5 Å². The lowest BCUT2D eigenvalue weighted by molar-refractivity contribution is -0.122. The topological polar surface area (TPSA) is 76.1 Å². The summed E-state index contributed by atoms with van der Waals surface area (Å²) in [6.45, 7) is 4.59. The van der Waals surface area contributed by atoms with Gasteiger partial charge in [-0.3, -0.25) is 14.5 Å². The van der Waals surface area contributed by atoms with E-state index in [0.29, 0.717) is 31.1 Å². The number of anilines is 1. The number of aromatic hydroxyl groups is 1. The molecule has 2 aliphatic heterocycles. The van der Waals surface area contributed by atoms with Crippen LogP contribution in [0.2, 0.25) is 0 Å². The molecule has 238 valence electrons. The summed E-state index contributed by atoms with van der Waals surface area (Å²) in [7, 11) is 0. The molecule has 0 radical (unpaired) electrons. The highest BCUT2D eigenvalue weighted by Crippen LogP contribution is 2.51. The first-order chi connectivity index (χ1) is 22.9. The number of phenols is 1. The van der Waals surface area contributed by atoms with Crippen LogP contribution in [0.25, 0.3) is 11.6 Å². The summed E-state index contributed by atoms with van der Waals surface area (Å²) < 4.78 is 12.8. The number of hydrogen-bond donors (Lipinski definition) is 1. The van der Waals surface area contributed by atoms with E-state index in [1.807, 2.05) is 105 Å². The zero-order valence-corrected chi connectivity index (χ0v) is 26.8. The lowest BCUT2D eigenvalue weighted by Gasteiger charge is -2.31. The zero-order valence-electron chi connectivity index (χ0n) is 26.8. The van der Waals surface area contributed by atoms with Gasteiger partial charge in [-0.2, -0.15) is 0 Å². The van der Waals surface area contributed by atoms with E-state index < -0.39 is 11.8 Å². The molecule has 1 aliphatic carbocycles. The number of aryl methyl sites for hydroxylation is 2. The van der Waals surface area contributed by atoms with Crippen molar-refractivity contribution in [3.05, 3.63) is 137 Å². The van der Waals surface area contributed by atoms with Gasteiger partial charge in [-0.05, 0) is 108 Å². The monoisotopic (exact) mass is 625 g/mol. The predicted molar refractivity (Wildman–Crippen MR) is 184 cm³/mol. The summed E-state index contributed by atoms with van der Waals surface area (Å²) in [4.78, 5) is 29.2. The second-order valence-corrected chi connectivity index (χ2v) is 12.9. The minimum Gasteiger partial charge on any atom is -0.507 e. The van der Waals surface area contributed by atoms with Crippen LogP contribution in [0.15, 0.2) is 114 Å². The zero-order chi connectivity index (χ0) is 32.5. The molecule has 6 heteroatoms. The van der Waals surface area contributed by atoms with Crippen molar-refractivity contribution < 1.29 is 24.2 Å². The normalized spacial score (nSPS) is 22.4. The van der Waals surface area contributed by atoms with E-state index in [4.69, 9.17) is 9.47 Å². The smallest absolute Gasteiger partial charge is 0.238 e. The molecule has 7 rings (SSSR count). The number of ether oxygens (including phenoxy) is 2. The molecule has 6 nitrogen and oxygen atoms in total. The number of carbonyl (C=O) groups excluding carboxylic acids is 2. The van der Waals surface area contributed by atoms with Gasteiger partial charge in [0, 0.05) is 5.92 Å². The van der Waals surface area contributed by atoms with Gasteiger partial charge in [-0.1, -0.05) is 72.8 Å². The van der Waals surface area contributed by atoms with Crippen molar-refractivity contribution >= 4 is 29.2 Å². The summed E-state index contributed by atoms with van der Waals surface area (Å²) in [5.41, 5.74) is 7.83. The number of rotatable bonds is 9. The summed E-state index contributed by atoms with van der Waals surface area (Å²) in [6, 6.07) is 33.3. The predicted octanol–water partition coefficient (Wildman–Crippen LogP) is 7.93. The second kappa shape index (κ2) is 13.0. The van der Waals surface area contributed by atoms with E-state index in [-0.39, 0.29) is 23.8 Å². The van der Waals surface area contributed by atoms with Gasteiger partial charge in [0.05, 0.1) is 30.2 Å². The Morgan fingerprint density at radius 3 is 2.19 bits per heavy atom. The van der Waals surface area contributed by atoms with Crippen molar-refractivity contribution in [2.75, 3.05) is 18.1 Å². The molecule has 3 aliphatic rings. The third-order valence-electron chi connectivity index (χ3n) is 9.85. The molecule has 4 aromatic rings. The molecule has 0 saturated carbocycles. The lowest BCUT2D eigenvalue weighted by atomic mass is 9.69. The number of imide groups is 1. The maximum Gasteiger partial charge on any atom is 0.238 e. The Bertz CT molecular complexity index is 1820. The molecule has 0 spiro atoms. The molecule has 2 fully saturated rings. The molecule has 2 heterocycles. The Kier molecular flexibility index (Phi) is 8.52. The Labute approximate surface area is 276 Å². The number of hydrogen-bond acceptors (Lipinski definition) is 5. The third kappa shape index (κ3) is 6.01. The van der Waals surface area contributed by atoms with Crippen LogP contribution in [0.4, 0.5) is 5.69 Å². The Hall–Kier alpha value is -4.94. The number of phenolic OH excluding ortho intramolecular Hbond substituents is 1. The van der Waals surface area contributed by atoms with Gasteiger partial charge >= 0.3 is 0 Å². The summed E-state index contributed by atoms with van der Waals surface area (Å²) in [5, 5.41) is 10.4. The van der Waals surface area contributed by atoms with Crippen molar-refractivity contribution in [1.29, 1.82) is 0 Å². The maximum atomic E-state index is 14.0.